The molecular formula is C9H7F2NO. The zero-order valence-electron chi connectivity index (χ0n) is 6.92. The molecule has 0 radical (unpaired) electrons. The molecule has 0 saturated heterocycles. The van der Waals surface area contributed by atoms with Crippen molar-refractivity contribution in [3.8, 4) is 0 Å². The molecule has 0 aliphatic rings. The highest BCUT2D eigenvalue weighted by atomic mass is 19.3. The number of isocyanates is 1. The molecule has 0 fully saturated rings. The van der Waals surface area contributed by atoms with E-state index in [0.29, 0.717) is 5.69 Å². The molecule has 0 spiro atoms. The van der Waals surface area contributed by atoms with Gasteiger partial charge in [-0.1, -0.05) is 12.1 Å². The number of aliphatic imine (C=N–C) groups is 1. The Kier molecular flexibility index (Phi) is 2.54. The molecular weight excluding hydrogens is 176 g/mol. The molecule has 0 unspecified atom stereocenters. The lowest BCUT2D eigenvalue weighted by Gasteiger charge is -2.09. The predicted octanol–water partition coefficient (Wildman–Crippen LogP) is 2.77. The lowest BCUT2D eigenvalue weighted by Crippen LogP contribution is -2.05. The Balaban J connectivity index is 3.00. The Morgan fingerprint density at radius 1 is 1.31 bits per heavy atom. The Labute approximate surface area is 73.9 Å². The van der Waals surface area contributed by atoms with E-state index in [0.717, 1.165) is 6.92 Å². The summed E-state index contributed by atoms with van der Waals surface area (Å²) in [6.07, 6.45) is 1.33. The largest absolute Gasteiger partial charge is 0.270 e. The molecule has 0 heterocycles. The van der Waals surface area contributed by atoms with Crippen LogP contribution in [0.1, 0.15) is 12.5 Å². The second kappa shape index (κ2) is 3.46. The van der Waals surface area contributed by atoms with E-state index in [4.69, 9.17) is 0 Å². The molecule has 0 aromatic heterocycles. The molecule has 0 aliphatic heterocycles. The maximum Gasteiger partial charge on any atom is 0.270 e. The van der Waals surface area contributed by atoms with Gasteiger partial charge in [0.1, 0.15) is 0 Å². The first-order chi connectivity index (χ1) is 6.04. The summed E-state index contributed by atoms with van der Waals surface area (Å²) in [5.74, 6) is -2.86. The van der Waals surface area contributed by atoms with Crippen LogP contribution in [0.15, 0.2) is 29.3 Å². The predicted molar refractivity (Wildman–Crippen MR) is 43.8 cm³/mol. The Morgan fingerprint density at radius 3 is 2.23 bits per heavy atom. The third kappa shape index (κ3) is 2.46. The molecule has 13 heavy (non-hydrogen) atoms. The first-order valence-electron chi connectivity index (χ1n) is 3.60. The van der Waals surface area contributed by atoms with Crippen molar-refractivity contribution in [3.05, 3.63) is 29.8 Å². The van der Waals surface area contributed by atoms with E-state index in [1.807, 2.05) is 0 Å². The summed E-state index contributed by atoms with van der Waals surface area (Å²) in [4.78, 5) is 13.1. The number of halogens is 2. The maximum atomic E-state index is 12.7. The van der Waals surface area contributed by atoms with Gasteiger partial charge in [-0.25, -0.2) is 13.6 Å². The third-order valence-electron chi connectivity index (χ3n) is 1.55. The van der Waals surface area contributed by atoms with E-state index in [1.54, 1.807) is 0 Å². The summed E-state index contributed by atoms with van der Waals surface area (Å²) in [7, 11) is 0. The molecule has 0 aliphatic carbocycles. The molecule has 1 rings (SSSR count). The number of hydrogen-bond acceptors (Lipinski definition) is 2. The molecule has 0 N–H and O–H groups in total. The van der Waals surface area contributed by atoms with Gasteiger partial charge in [0.25, 0.3) is 5.92 Å². The van der Waals surface area contributed by atoms with Gasteiger partial charge in [-0.2, -0.15) is 4.99 Å². The van der Waals surface area contributed by atoms with E-state index in [9.17, 15) is 13.6 Å². The van der Waals surface area contributed by atoms with Crippen LogP contribution in [0, 0.1) is 0 Å². The van der Waals surface area contributed by atoms with E-state index < -0.39 is 5.92 Å². The van der Waals surface area contributed by atoms with Gasteiger partial charge in [0.05, 0.1) is 5.69 Å². The standard InChI is InChI=1S/C9H7F2NO/c1-9(10,11)7-2-4-8(5-3-7)12-6-13/h2-5H,1H3. The lowest BCUT2D eigenvalue weighted by atomic mass is 10.1. The summed E-state index contributed by atoms with van der Waals surface area (Å²) in [5, 5.41) is 0. The number of rotatable bonds is 2. The molecule has 0 bridgehead atoms. The van der Waals surface area contributed by atoms with Crippen molar-refractivity contribution in [2.45, 2.75) is 12.8 Å². The van der Waals surface area contributed by atoms with Crippen LogP contribution in [0.3, 0.4) is 0 Å². The third-order valence-corrected chi connectivity index (χ3v) is 1.55. The molecule has 68 valence electrons. The highest BCUT2D eigenvalue weighted by Crippen LogP contribution is 2.27. The van der Waals surface area contributed by atoms with Crippen LogP contribution in [0.5, 0.6) is 0 Å². The number of nitrogens with zero attached hydrogens (tertiary/aromatic N) is 1. The van der Waals surface area contributed by atoms with Crippen molar-refractivity contribution in [2.75, 3.05) is 0 Å². The monoisotopic (exact) mass is 183 g/mol. The minimum Gasteiger partial charge on any atom is -0.211 e. The molecule has 1 aromatic rings. The molecule has 0 amide bonds. The molecule has 1 aromatic carbocycles. The lowest BCUT2D eigenvalue weighted by molar-refractivity contribution is 0.0175. The Hall–Kier alpha value is -1.54. The van der Waals surface area contributed by atoms with Gasteiger partial charge >= 0.3 is 0 Å². The van der Waals surface area contributed by atoms with Gasteiger partial charge in [-0.3, -0.25) is 0 Å². The Bertz CT molecular complexity index is 334. The van der Waals surface area contributed by atoms with E-state index in [-0.39, 0.29) is 5.56 Å². The fraction of sp³-hybridized carbons (Fsp3) is 0.222. The van der Waals surface area contributed by atoms with Crippen molar-refractivity contribution < 1.29 is 13.6 Å². The number of benzene rings is 1. The topological polar surface area (TPSA) is 29.4 Å². The fourth-order valence-electron chi connectivity index (χ4n) is 0.881. The van der Waals surface area contributed by atoms with Crippen molar-refractivity contribution >= 4 is 11.8 Å². The molecule has 4 heteroatoms. The van der Waals surface area contributed by atoms with Crippen molar-refractivity contribution in [1.82, 2.24) is 0 Å². The summed E-state index contributed by atoms with van der Waals surface area (Å²) >= 11 is 0. The SMILES string of the molecule is CC(F)(F)c1ccc(N=C=O)cc1. The second-order valence-electron chi connectivity index (χ2n) is 2.64. The number of carbonyl (C=O) groups excluding carboxylic acids is 1. The summed E-state index contributed by atoms with van der Waals surface area (Å²) in [6.45, 7) is 0.811. The van der Waals surface area contributed by atoms with Gasteiger partial charge in [0.15, 0.2) is 0 Å². The van der Waals surface area contributed by atoms with Crippen molar-refractivity contribution in [3.63, 3.8) is 0 Å². The zero-order valence-corrected chi connectivity index (χ0v) is 6.92. The van der Waals surface area contributed by atoms with Crippen LogP contribution in [0.4, 0.5) is 14.5 Å². The summed E-state index contributed by atoms with van der Waals surface area (Å²) in [6, 6.07) is 5.15. The Morgan fingerprint density at radius 2 is 1.85 bits per heavy atom. The van der Waals surface area contributed by atoms with E-state index >= 15 is 0 Å². The van der Waals surface area contributed by atoms with Gasteiger partial charge in [0, 0.05) is 12.5 Å². The van der Waals surface area contributed by atoms with Crippen LogP contribution in [-0.4, -0.2) is 6.08 Å². The van der Waals surface area contributed by atoms with Gasteiger partial charge in [-0.05, 0) is 12.1 Å². The average molecular weight is 183 g/mol. The first kappa shape index (κ1) is 9.55. The first-order valence-corrected chi connectivity index (χ1v) is 3.60. The normalized spacial score (nSPS) is 10.7. The maximum absolute atomic E-state index is 12.7. The van der Waals surface area contributed by atoms with Crippen LogP contribution in [0.25, 0.3) is 0 Å². The van der Waals surface area contributed by atoms with Crippen molar-refractivity contribution in [2.24, 2.45) is 4.99 Å². The van der Waals surface area contributed by atoms with Gasteiger partial charge < -0.3 is 0 Å². The van der Waals surface area contributed by atoms with Crippen LogP contribution < -0.4 is 0 Å². The molecule has 0 atom stereocenters. The van der Waals surface area contributed by atoms with Gasteiger partial charge in [-0.15, -0.1) is 0 Å². The van der Waals surface area contributed by atoms with Crippen LogP contribution in [0.2, 0.25) is 0 Å². The second-order valence-corrected chi connectivity index (χ2v) is 2.64. The average Bonchev–Trinajstić information content (AvgIpc) is 2.04. The minimum atomic E-state index is -2.86. The highest BCUT2D eigenvalue weighted by molar-refractivity contribution is 5.49. The number of hydrogen-bond donors (Lipinski definition) is 0. The zero-order chi connectivity index (χ0) is 9.90. The molecule has 0 saturated carbocycles. The van der Waals surface area contributed by atoms with Crippen LogP contribution in [-0.2, 0) is 10.7 Å². The quantitative estimate of drug-likeness (QED) is 0.512. The highest BCUT2D eigenvalue weighted by Gasteiger charge is 2.23. The summed E-state index contributed by atoms with van der Waals surface area (Å²) < 4.78 is 25.3. The van der Waals surface area contributed by atoms with Gasteiger partial charge in [0.2, 0.25) is 6.08 Å². The smallest absolute Gasteiger partial charge is 0.211 e. The van der Waals surface area contributed by atoms with Crippen LogP contribution >= 0.6 is 0 Å². The van der Waals surface area contributed by atoms with E-state index in [2.05, 4.69) is 4.99 Å². The number of alkyl halides is 2. The fourth-order valence-corrected chi connectivity index (χ4v) is 0.881. The minimum absolute atomic E-state index is 0.0997. The summed E-state index contributed by atoms with van der Waals surface area (Å²) in [5.41, 5.74) is 0.223. The molecule has 2 nitrogen and oxygen atoms in total. The van der Waals surface area contributed by atoms with E-state index in [1.165, 1.54) is 30.3 Å². The van der Waals surface area contributed by atoms with Crippen molar-refractivity contribution in [1.29, 1.82) is 0 Å².